The zero-order valence-corrected chi connectivity index (χ0v) is 12.5. The van der Waals surface area contributed by atoms with Crippen molar-refractivity contribution in [3.8, 4) is 0 Å². The molecule has 2 aromatic rings. The molecule has 1 aliphatic heterocycles. The number of thiophene rings is 1. The van der Waals surface area contributed by atoms with Crippen molar-refractivity contribution in [1.29, 1.82) is 0 Å². The summed E-state index contributed by atoms with van der Waals surface area (Å²) in [5.74, 6) is -1.23. The Hall–Kier alpha value is -2.15. The Kier molecular flexibility index (Phi) is 3.29. The molecule has 110 valence electrons. The van der Waals surface area contributed by atoms with Gasteiger partial charge in [-0.1, -0.05) is 0 Å². The first kappa shape index (κ1) is 13.8. The molecule has 0 bridgehead atoms. The number of nitrogens with zero attached hydrogens (tertiary/aromatic N) is 2. The summed E-state index contributed by atoms with van der Waals surface area (Å²) in [5, 5.41) is 9.40. The topological polar surface area (TPSA) is 86.3 Å². The molecule has 2 aromatic heterocycles. The Bertz CT molecular complexity index is 699. The van der Waals surface area contributed by atoms with Crippen LogP contribution in [-0.4, -0.2) is 37.9 Å². The largest absolute Gasteiger partial charge is 0.480 e. The molecule has 7 heteroatoms. The van der Waals surface area contributed by atoms with Crippen LogP contribution in [0.5, 0.6) is 0 Å². The van der Waals surface area contributed by atoms with Crippen LogP contribution in [0.3, 0.4) is 0 Å². The fourth-order valence-electron chi connectivity index (χ4n) is 2.49. The summed E-state index contributed by atoms with van der Waals surface area (Å²) < 4.78 is 0. The van der Waals surface area contributed by atoms with E-state index in [1.54, 1.807) is 0 Å². The third kappa shape index (κ3) is 2.33. The van der Waals surface area contributed by atoms with E-state index in [0.29, 0.717) is 4.88 Å². The van der Waals surface area contributed by atoms with E-state index < -0.39 is 12.0 Å². The number of carboxylic acids is 1. The predicted molar refractivity (Wildman–Crippen MR) is 77.4 cm³/mol. The van der Waals surface area contributed by atoms with Gasteiger partial charge >= 0.3 is 5.97 Å². The molecule has 2 N–H and O–H groups in total. The average Bonchev–Trinajstić information content (AvgIpc) is 3.03. The normalized spacial score (nSPS) is 17.6. The fourth-order valence-corrected chi connectivity index (χ4v) is 3.48. The number of carbonyl (C=O) groups excluding carboxylic acids is 1. The van der Waals surface area contributed by atoms with Crippen LogP contribution in [0.25, 0.3) is 0 Å². The highest BCUT2D eigenvalue weighted by Gasteiger charge is 2.36. The number of fused-ring (bicyclic) bond motifs is 1. The van der Waals surface area contributed by atoms with E-state index in [-0.39, 0.29) is 18.9 Å². The SMILES string of the molecule is Cc1cc(C(=O)N2Cc3[nH]cnc3CC2C(=O)O)sc1C. The number of aromatic nitrogens is 2. The van der Waals surface area contributed by atoms with Gasteiger partial charge in [-0.3, -0.25) is 4.79 Å². The first-order valence-electron chi connectivity index (χ1n) is 6.59. The van der Waals surface area contributed by atoms with Crippen molar-refractivity contribution < 1.29 is 14.7 Å². The molecule has 3 heterocycles. The van der Waals surface area contributed by atoms with Crippen LogP contribution in [0.15, 0.2) is 12.4 Å². The van der Waals surface area contributed by atoms with Crippen molar-refractivity contribution in [2.45, 2.75) is 32.9 Å². The van der Waals surface area contributed by atoms with Crippen molar-refractivity contribution in [3.05, 3.63) is 39.1 Å². The van der Waals surface area contributed by atoms with Crippen LogP contribution in [0.1, 0.15) is 31.5 Å². The molecule has 3 rings (SSSR count). The number of imidazole rings is 1. The van der Waals surface area contributed by atoms with Crippen LogP contribution in [-0.2, 0) is 17.8 Å². The minimum atomic E-state index is -0.998. The molecular weight excluding hydrogens is 290 g/mol. The van der Waals surface area contributed by atoms with E-state index in [4.69, 9.17) is 0 Å². The number of amides is 1. The monoisotopic (exact) mass is 305 g/mol. The van der Waals surface area contributed by atoms with Gasteiger partial charge in [0.1, 0.15) is 6.04 Å². The van der Waals surface area contributed by atoms with E-state index in [2.05, 4.69) is 9.97 Å². The summed E-state index contributed by atoms with van der Waals surface area (Å²) in [7, 11) is 0. The molecule has 1 atom stereocenters. The van der Waals surface area contributed by atoms with Gasteiger partial charge in [0.2, 0.25) is 0 Å². The number of aliphatic carboxylic acids is 1. The Balaban J connectivity index is 1.95. The summed E-state index contributed by atoms with van der Waals surface area (Å²) in [6, 6.07) is 0.958. The number of aryl methyl sites for hydroxylation is 2. The molecule has 0 radical (unpaired) electrons. The second kappa shape index (κ2) is 5.00. The maximum absolute atomic E-state index is 12.7. The van der Waals surface area contributed by atoms with E-state index in [1.807, 2.05) is 19.9 Å². The van der Waals surface area contributed by atoms with Gasteiger partial charge in [-0.15, -0.1) is 11.3 Å². The molecule has 1 aliphatic rings. The van der Waals surface area contributed by atoms with E-state index in [9.17, 15) is 14.7 Å². The molecule has 0 saturated carbocycles. The van der Waals surface area contributed by atoms with Gasteiger partial charge in [0.05, 0.1) is 29.1 Å². The Morgan fingerprint density at radius 1 is 1.48 bits per heavy atom. The van der Waals surface area contributed by atoms with Crippen molar-refractivity contribution in [2.75, 3.05) is 0 Å². The fraction of sp³-hybridized carbons (Fsp3) is 0.357. The number of aromatic amines is 1. The molecule has 0 spiro atoms. The molecule has 0 saturated heterocycles. The number of hydrogen-bond donors (Lipinski definition) is 2. The van der Waals surface area contributed by atoms with E-state index in [0.717, 1.165) is 21.8 Å². The minimum Gasteiger partial charge on any atom is -0.480 e. The van der Waals surface area contributed by atoms with Gasteiger partial charge in [-0.05, 0) is 25.5 Å². The first-order chi connectivity index (χ1) is 9.97. The smallest absolute Gasteiger partial charge is 0.326 e. The molecule has 0 fully saturated rings. The highest BCUT2D eigenvalue weighted by atomic mass is 32.1. The number of hydrogen-bond acceptors (Lipinski definition) is 4. The van der Waals surface area contributed by atoms with Crippen LogP contribution in [0, 0.1) is 13.8 Å². The number of nitrogens with one attached hydrogen (secondary N) is 1. The van der Waals surface area contributed by atoms with E-state index >= 15 is 0 Å². The average molecular weight is 305 g/mol. The molecule has 0 aliphatic carbocycles. The van der Waals surface area contributed by atoms with Crippen molar-refractivity contribution in [3.63, 3.8) is 0 Å². The standard InChI is InChI=1S/C14H15N3O3S/c1-7-3-12(21-8(7)2)13(18)17-5-10-9(15-6-16-10)4-11(17)14(19)20/h3,6,11H,4-5H2,1-2H3,(H,15,16)(H,19,20). The third-order valence-electron chi connectivity index (χ3n) is 3.82. The van der Waals surface area contributed by atoms with Gasteiger partial charge in [0, 0.05) is 11.3 Å². The zero-order chi connectivity index (χ0) is 15.1. The maximum atomic E-state index is 12.7. The lowest BCUT2D eigenvalue weighted by Crippen LogP contribution is -2.48. The van der Waals surface area contributed by atoms with Gasteiger partial charge in [-0.25, -0.2) is 9.78 Å². The Labute approximate surface area is 125 Å². The van der Waals surface area contributed by atoms with Gasteiger partial charge in [0.25, 0.3) is 5.91 Å². The summed E-state index contributed by atoms with van der Waals surface area (Å²) in [5.41, 5.74) is 2.59. The molecule has 0 aromatic carbocycles. The molecule has 1 unspecified atom stereocenters. The van der Waals surface area contributed by atoms with E-state index in [1.165, 1.54) is 22.6 Å². The van der Waals surface area contributed by atoms with Crippen molar-refractivity contribution in [1.82, 2.24) is 14.9 Å². The number of H-pyrrole nitrogens is 1. The highest BCUT2D eigenvalue weighted by Crippen LogP contribution is 2.27. The quantitative estimate of drug-likeness (QED) is 0.885. The van der Waals surface area contributed by atoms with Crippen molar-refractivity contribution in [2.24, 2.45) is 0 Å². The molecule has 21 heavy (non-hydrogen) atoms. The van der Waals surface area contributed by atoms with Crippen LogP contribution >= 0.6 is 11.3 Å². The summed E-state index contributed by atoms with van der Waals surface area (Å²) in [6.45, 7) is 4.15. The number of carboxylic acid groups (broad SMARTS) is 1. The molecule has 1 amide bonds. The third-order valence-corrected chi connectivity index (χ3v) is 4.96. The second-order valence-electron chi connectivity index (χ2n) is 5.17. The minimum absolute atomic E-state index is 0.233. The van der Waals surface area contributed by atoms with Gasteiger partial charge in [-0.2, -0.15) is 0 Å². The molecular formula is C14H15N3O3S. The second-order valence-corrected chi connectivity index (χ2v) is 6.43. The predicted octanol–water partition coefficient (Wildman–Crippen LogP) is 1.74. The lowest BCUT2D eigenvalue weighted by atomic mass is 10.0. The number of carbonyl (C=O) groups is 2. The van der Waals surface area contributed by atoms with Crippen LogP contribution in [0.4, 0.5) is 0 Å². The highest BCUT2D eigenvalue weighted by molar-refractivity contribution is 7.14. The van der Waals surface area contributed by atoms with Gasteiger partial charge < -0.3 is 15.0 Å². The van der Waals surface area contributed by atoms with Crippen LogP contribution in [0.2, 0.25) is 0 Å². The first-order valence-corrected chi connectivity index (χ1v) is 7.41. The van der Waals surface area contributed by atoms with Crippen LogP contribution < -0.4 is 0 Å². The summed E-state index contributed by atoms with van der Waals surface area (Å²) >= 11 is 1.40. The van der Waals surface area contributed by atoms with Gasteiger partial charge in [0.15, 0.2) is 0 Å². The number of rotatable bonds is 2. The molecule has 6 nitrogen and oxygen atoms in total. The lowest BCUT2D eigenvalue weighted by Gasteiger charge is -2.31. The lowest BCUT2D eigenvalue weighted by molar-refractivity contribution is -0.142. The van der Waals surface area contributed by atoms with Crippen molar-refractivity contribution >= 4 is 23.2 Å². The Morgan fingerprint density at radius 2 is 2.24 bits per heavy atom. The zero-order valence-electron chi connectivity index (χ0n) is 11.7. The maximum Gasteiger partial charge on any atom is 0.326 e. The summed E-state index contributed by atoms with van der Waals surface area (Å²) in [6.07, 6.45) is 1.78. The summed E-state index contributed by atoms with van der Waals surface area (Å²) in [4.78, 5) is 34.3. The Morgan fingerprint density at radius 3 is 2.86 bits per heavy atom.